The van der Waals surface area contributed by atoms with E-state index in [4.69, 9.17) is 0 Å². The lowest BCUT2D eigenvalue weighted by molar-refractivity contribution is -0.139. The number of nitrogens with zero attached hydrogens (tertiary/aromatic N) is 2. The summed E-state index contributed by atoms with van der Waals surface area (Å²) in [5.74, 6) is -0.436. The molecule has 4 rings (SSSR count). The lowest BCUT2D eigenvalue weighted by atomic mass is 9.98. The van der Waals surface area contributed by atoms with E-state index in [0.29, 0.717) is 30.2 Å². The molecule has 1 aliphatic carbocycles. The smallest absolute Gasteiger partial charge is 0.243 e. The number of fused-ring (bicyclic) bond motifs is 1. The van der Waals surface area contributed by atoms with Crippen molar-refractivity contribution in [2.24, 2.45) is 5.92 Å². The zero-order valence-corrected chi connectivity index (χ0v) is 19.9. The summed E-state index contributed by atoms with van der Waals surface area (Å²) in [6.45, 7) is 4.48. The number of carbonyl (C=O) groups excluding carboxylic acids is 3. The molecule has 1 aromatic carbocycles. The third-order valence-corrected chi connectivity index (χ3v) is 6.87. The first kappa shape index (κ1) is 24.2. The largest absolute Gasteiger partial charge is 0.345 e. The van der Waals surface area contributed by atoms with Crippen molar-refractivity contribution in [3.63, 3.8) is 0 Å². The number of likely N-dealkylation sites (tertiary alicyclic amines) is 1. The van der Waals surface area contributed by atoms with E-state index in [1.54, 1.807) is 19.1 Å². The predicted molar refractivity (Wildman–Crippen MR) is 126 cm³/mol. The van der Waals surface area contributed by atoms with Crippen LogP contribution in [0.2, 0.25) is 0 Å². The molecular weight excluding hydrogens is 437 g/mol. The minimum absolute atomic E-state index is 0.0831. The lowest BCUT2D eigenvalue weighted by Crippen LogP contribution is -2.52. The van der Waals surface area contributed by atoms with E-state index >= 15 is 0 Å². The van der Waals surface area contributed by atoms with E-state index in [9.17, 15) is 18.8 Å². The molecule has 2 aliphatic rings. The summed E-state index contributed by atoms with van der Waals surface area (Å²) in [6.07, 6.45) is 6.22. The van der Waals surface area contributed by atoms with Gasteiger partial charge in [0.1, 0.15) is 17.4 Å². The van der Waals surface area contributed by atoms with Crippen molar-refractivity contribution in [3.8, 4) is 0 Å². The highest BCUT2D eigenvalue weighted by Gasteiger charge is 2.32. The first-order chi connectivity index (χ1) is 16.4. The van der Waals surface area contributed by atoms with Crippen LogP contribution in [0.5, 0.6) is 0 Å². The van der Waals surface area contributed by atoms with Gasteiger partial charge in [-0.25, -0.2) is 9.37 Å². The Morgan fingerprint density at radius 3 is 2.71 bits per heavy atom. The number of aromatic nitrogens is 2. The number of nitrogens with one attached hydrogen (secondary N) is 3. The van der Waals surface area contributed by atoms with Crippen LogP contribution in [0.4, 0.5) is 4.39 Å². The van der Waals surface area contributed by atoms with Crippen LogP contribution >= 0.6 is 0 Å². The second kappa shape index (κ2) is 10.5. The van der Waals surface area contributed by atoms with Gasteiger partial charge in [-0.2, -0.15) is 0 Å². The van der Waals surface area contributed by atoms with E-state index in [-0.39, 0.29) is 29.8 Å². The minimum atomic E-state index is -0.971. The highest BCUT2D eigenvalue weighted by molar-refractivity contribution is 5.92. The number of H-pyrrole nitrogens is 1. The normalized spacial score (nSPS) is 20.1. The number of para-hydroxylation sites is 1. The minimum Gasteiger partial charge on any atom is -0.345 e. The molecule has 1 aromatic heterocycles. The van der Waals surface area contributed by atoms with Crippen LogP contribution in [-0.4, -0.2) is 51.2 Å². The summed E-state index contributed by atoms with van der Waals surface area (Å²) < 4.78 is 14.0. The maximum Gasteiger partial charge on any atom is 0.243 e. The predicted octanol–water partition coefficient (Wildman–Crippen LogP) is 3.35. The molecule has 1 saturated carbocycles. The number of rotatable bonds is 9. The van der Waals surface area contributed by atoms with Crippen molar-refractivity contribution < 1.29 is 18.8 Å². The molecule has 34 heavy (non-hydrogen) atoms. The fraction of sp³-hybridized carbons (Fsp3) is 0.600. The highest BCUT2D eigenvalue weighted by atomic mass is 19.1. The maximum atomic E-state index is 14.0. The summed E-state index contributed by atoms with van der Waals surface area (Å²) in [5, 5.41) is 5.64. The summed E-state index contributed by atoms with van der Waals surface area (Å²) >= 11 is 0. The Balaban J connectivity index is 1.46. The average Bonchev–Trinajstić information content (AvgIpc) is 3.51. The number of imidazole rings is 1. The van der Waals surface area contributed by atoms with Gasteiger partial charge >= 0.3 is 0 Å². The zero-order chi connectivity index (χ0) is 24.2. The standard InChI is InChI=1S/C25H34FN5O3/c1-3-17-7-4-5-12-31(17)22(33)14-20(28-21(32)13-16-10-11-16)25(34)27-15(2)24-29-19-9-6-8-18(26)23(19)30-24/h6,8-9,15-17,20H,3-5,7,10-14H2,1-2H3,(H,27,34)(H,28,32)(H,29,30)/t15-,17?,20?/m0/s1. The van der Waals surface area contributed by atoms with E-state index in [0.717, 1.165) is 38.5 Å². The average molecular weight is 472 g/mol. The van der Waals surface area contributed by atoms with E-state index in [1.165, 1.54) is 6.07 Å². The molecule has 184 valence electrons. The van der Waals surface area contributed by atoms with Gasteiger partial charge < -0.3 is 20.5 Å². The summed E-state index contributed by atoms with van der Waals surface area (Å²) in [7, 11) is 0. The van der Waals surface area contributed by atoms with Gasteiger partial charge in [-0.3, -0.25) is 14.4 Å². The van der Waals surface area contributed by atoms with Crippen LogP contribution < -0.4 is 10.6 Å². The van der Waals surface area contributed by atoms with Crippen LogP contribution in [0.1, 0.15) is 77.1 Å². The molecular formula is C25H34FN5O3. The van der Waals surface area contributed by atoms with Crippen LogP contribution in [0.3, 0.4) is 0 Å². The number of hydrogen-bond donors (Lipinski definition) is 3. The number of carbonyl (C=O) groups is 3. The molecule has 3 amide bonds. The van der Waals surface area contributed by atoms with Crippen LogP contribution in [-0.2, 0) is 14.4 Å². The van der Waals surface area contributed by atoms with Crippen molar-refractivity contribution in [1.82, 2.24) is 25.5 Å². The second-order valence-corrected chi connectivity index (χ2v) is 9.61. The van der Waals surface area contributed by atoms with E-state index < -0.39 is 23.8 Å². The topological polar surface area (TPSA) is 107 Å². The molecule has 0 bridgehead atoms. The Labute approximate surface area is 199 Å². The summed E-state index contributed by atoms with van der Waals surface area (Å²) in [4.78, 5) is 48.0. The van der Waals surface area contributed by atoms with Gasteiger partial charge in [0, 0.05) is 19.0 Å². The molecule has 2 aromatic rings. The van der Waals surface area contributed by atoms with Gasteiger partial charge in [0.15, 0.2) is 5.82 Å². The zero-order valence-electron chi connectivity index (χ0n) is 19.9. The summed E-state index contributed by atoms with van der Waals surface area (Å²) in [5.41, 5.74) is 0.745. The molecule has 0 radical (unpaired) electrons. The molecule has 8 nitrogen and oxygen atoms in total. The quantitative estimate of drug-likeness (QED) is 0.521. The van der Waals surface area contributed by atoms with Crippen molar-refractivity contribution in [2.75, 3.05) is 6.54 Å². The van der Waals surface area contributed by atoms with Gasteiger partial charge in [0.05, 0.1) is 18.0 Å². The van der Waals surface area contributed by atoms with Crippen LogP contribution in [0, 0.1) is 11.7 Å². The van der Waals surface area contributed by atoms with Crippen LogP contribution in [0.25, 0.3) is 11.0 Å². The Bertz CT molecular complexity index is 1050. The SMILES string of the molecule is CCC1CCCCN1C(=O)CC(NC(=O)CC1CC1)C(=O)N[C@@H](C)c1nc2c(F)cccc2[nH]1. The number of piperidine rings is 1. The molecule has 3 atom stereocenters. The molecule has 1 saturated heterocycles. The summed E-state index contributed by atoms with van der Waals surface area (Å²) in [6, 6.07) is 3.28. The molecule has 2 fully saturated rings. The fourth-order valence-corrected chi connectivity index (χ4v) is 4.70. The number of hydrogen-bond acceptors (Lipinski definition) is 4. The lowest BCUT2D eigenvalue weighted by Gasteiger charge is -2.36. The van der Waals surface area contributed by atoms with Crippen LogP contribution in [0.15, 0.2) is 18.2 Å². The first-order valence-electron chi connectivity index (χ1n) is 12.4. The first-order valence-corrected chi connectivity index (χ1v) is 12.4. The van der Waals surface area contributed by atoms with Crippen molar-refractivity contribution in [2.45, 2.75) is 83.3 Å². The molecule has 3 N–H and O–H groups in total. The van der Waals surface area contributed by atoms with Gasteiger partial charge in [0.25, 0.3) is 0 Å². The molecule has 9 heteroatoms. The fourth-order valence-electron chi connectivity index (χ4n) is 4.70. The van der Waals surface area contributed by atoms with Gasteiger partial charge in [-0.15, -0.1) is 0 Å². The second-order valence-electron chi connectivity index (χ2n) is 9.61. The molecule has 0 spiro atoms. The number of halogens is 1. The van der Waals surface area contributed by atoms with Crippen molar-refractivity contribution in [3.05, 3.63) is 29.8 Å². The highest BCUT2D eigenvalue weighted by Crippen LogP contribution is 2.32. The van der Waals surface area contributed by atoms with E-state index in [2.05, 4.69) is 27.5 Å². The number of aromatic amines is 1. The van der Waals surface area contributed by atoms with Crippen molar-refractivity contribution in [1.29, 1.82) is 0 Å². The monoisotopic (exact) mass is 471 g/mol. The molecule has 2 unspecified atom stereocenters. The Hall–Kier alpha value is -2.97. The third kappa shape index (κ3) is 5.74. The van der Waals surface area contributed by atoms with Gasteiger partial charge in [0.2, 0.25) is 17.7 Å². The van der Waals surface area contributed by atoms with Gasteiger partial charge in [-0.05, 0) is 63.5 Å². The number of benzene rings is 1. The Morgan fingerprint density at radius 1 is 1.21 bits per heavy atom. The third-order valence-electron chi connectivity index (χ3n) is 6.87. The Kier molecular flexibility index (Phi) is 7.48. The Morgan fingerprint density at radius 2 is 2.00 bits per heavy atom. The number of amides is 3. The molecule has 1 aliphatic heterocycles. The van der Waals surface area contributed by atoms with Crippen molar-refractivity contribution >= 4 is 28.8 Å². The van der Waals surface area contributed by atoms with E-state index in [1.807, 2.05) is 4.90 Å². The van der Waals surface area contributed by atoms with Gasteiger partial charge in [-0.1, -0.05) is 13.0 Å². The maximum absolute atomic E-state index is 14.0. The molecule has 2 heterocycles.